The van der Waals surface area contributed by atoms with Crippen molar-refractivity contribution in [1.29, 1.82) is 5.26 Å². The molecule has 0 aliphatic heterocycles. The van der Waals surface area contributed by atoms with Gasteiger partial charge in [-0.25, -0.2) is 4.79 Å². The second-order valence-electron chi connectivity index (χ2n) is 5.58. The van der Waals surface area contributed by atoms with Crippen LogP contribution in [0.25, 0.3) is 6.08 Å². The second kappa shape index (κ2) is 10.4. The Morgan fingerprint density at radius 1 is 1.17 bits per heavy atom. The maximum Gasteiger partial charge on any atom is 0.341 e. The molecule has 0 atom stereocenters. The van der Waals surface area contributed by atoms with Crippen LogP contribution in [0.2, 0.25) is 10.0 Å². The largest absolute Gasteiger partial charge is 0.494 e. The van der Waals surface area contributed by atoms with Crippen molar-refractivity contribution >= 4 is 46.8 Å². The first kappa shape index (κ1) is 22.1. The molecule has 0 aliphatic rings. The number of amides is 1. The van der Waals surface area contributed by atoms with Crippen molar-refractivity contribution in [2.45, 2.75) is 6.92 Å². The molecule has 0 fully saturated rings. The summed E-state index contributed by atoms with van der Waals surface area (Å²) in [5, 5.41) is 20.7. The molecular formula is C20H16Cl2N2O5. The normalized spacial score (nSPS) is 10.8. The third-order valence-electron chi connectivity index (χ3n) is 3.46. The highest BCUT2D eigenvalue weighted by Crippen LogP contribution is 2.35. The number of carboxylic acids is 1. The Balaban J connectivity index is 2.18. The van der Waals surface area contributed by atoms with Crippen LogP contribution in [0.3, 0.4) is 0 Å². The Hall–Kier alpha value is -3.21. The molecule has 0 unspecified atom stereocenters. The van der Waals surface area contributed by atoms with E-state index < -0.39 is 18.5 Å². The zero-order valence-corrected chi connectivity index (χ0v) is 16.8. The molecule has 9 heteroatoms. The van der Waals surface area contributed by atoms with Crippen LogP contribution in [0.5, 0.6) is 11.5 Å². The highest BCUT2D eigenvalue weighted by atomic mass is 35.5. The minimum absolute atomic E-state index is 0.00484. The molecule has 0 saturated heterocycles. The number of ether oxygens (including phenoxy) is 2. The van der Waals surface area contributed by atoms with Crippen molar-refractivity contribution in [2.24, 2.45) is 0 Å². The molecule has 0 heterocycles. The molecule has 29 heavy (non-hydrogen) atoms. The molecular weight excluding hydrogens is 419 g/mol. The van der Waals surface area contributed by atoms with Gasteiger partial charge in [-0.1, -0.05) is 23.2 Å². The van der Waals surface area contributed by atoms with Crippen LogP contribution < -0.4 is 14.8 Å². The average Bonchev–Trinajstić information content (AvgIpc) is 2.67. The van der Waals surface area contributed by atoms with Gasteiger partial charge in [0, 0.05) is 5.69 Å². The molecule has 0 bridgehead atoms. The number of carbonyl (C=O) groups excluding carboxylic acids is 1. The Labute approximate surface area is 177 Å². The van der Waals surface area contributed by atoms with E-state index >= 15 is 0 Å². The smallest absolute Gasteiger partial charge is 0.341 e. The van der Waals surface area contributed by atoms with Gasteiger partial charge in [0.25, 0.3) is 5.91 Å². The molecule has 0 spiro atoms. The van der Waals surface area contributed by atoms with Gasteiger partial charge in [0.1, 0.15) is 17.4 Å². The van der Waals surface area contributed by atoms with Gasteiger partial charge >= 0.3 is 5.97 Å². The number of nitrogens with zero attached hydrogens (tertiary/aromatic N) is 1. The molecule has 0 aromatic heterocycles. The summed E-state index contributed by atoms with van der Waals surface area (Å²) in [7, 11) is 0. The standard InChI is InChI=1S/C20H16Cl2N2O5/c1-2-28-15-5-3-14(4-6-15)24-20(27)13(10-23)7-12-8-16(21)19(17(22)9-12)29-11-18(25)26/h3-9H,2,11H2,1H3,(H,24,27)(H,25,26). The van der Waals surface area contributed by atoms with E-state index in [1.807, 2.05) is 13.0 Å². The third kappa shape index (κ3) is 6.42. The summed E-state index contributed by atoms with van der Waals surface area (Å²) in [6.07, 6.45) is 1.31. The summed E-state index contributed by atoms with van der Waals surface area (Å²) in [4.78, 5) is 23.0. The molecule has 2 rings (SSSR count). The van der Waals surface area contributed by atoms with Crippen molar-refractivity contribution in [1.82, 2.24) is 0 Å². The summed E-state index contributed by atoms with van der Waals surface area (Å²) in [5.74, 6) is -1.13. The van der Waals surface area contributed by atoms with Crippen LogP contribution >= 0.6 is 23.2 Å². The monoisotopic (exact) mass is 434 g/mol. The highest BCUT2D eigenvalue weighted by Gasteiger charge is 2.14. The summed E-state index contributed by atoms with van der Waals surface area (Å²) < 4.78 is 10.4. The Bertz CT molecular complexity index is 958. The van der Waals surface area contributed by atoms with Gasteiger partial charge in [-0.2, -0.15) is 5.26 Å². The minimum atomic E-state index is -1.18. The van der Waals surface area contributed by atoms with Gasteiger partial charge in [-0.15, -0.1) is 0 Å². The van der Waals surface area contributed by atoms with Gasteiger partial charge in [0.15, 0.2) is 12.4 Å². The molecule has 150 valence electrons. The van der Waals surface area contributed by atoms with Crippen molar-refractivity contribution in [3.05, 3.63) is 57.6 Å². The fraction of sp³-hybridized carbons (Fsp3) is 0.150. The number of carboxylic acid groups (broad SMARTS) is 1. The number of halogens is 2. The zero-order chi connectivity index (χ0) is 21.4. The Morgan fingerprint density at radius 2 is 1.79 bits per heavy atom. The van der Waals surface area contributed by atoms with Crippen molar-refractivity contribution in [3.63, 3.8) is 0 Å². The van der Waals surface area contributed by atoms with Crippen LogP contribution in [-0.2, 0) is 9.59 Å². The van der Waals surface area contributed by atoms with Crippen molar-refractivity contribution in [3.8, 4) is 17.6 Å². The number of aliphatic carboxylic acids is 1. The first-order valence-electron chi connectivity index (χ1n) is 8.33. The number of hydrogen-bond donors (Lipinski definition) is 2. The summed E-state index contributed by atoms with van der Waals surface area (Å²) >= 11 is 12.1. The highest BCUT2D eigenvalue weighted by molar-refractivity contribution is 6.37. The zero-order valence-electron chi connectivity index (χ0n) is 15.2. The van der Waals surface area contributed by atoms with E-state index in [-0.39, 0.29) is 21.4 Å². The van der Waals surface area contributed by atoms with E-state index in [0.717, 1.165) is 0 Å². The average molecular weight is 435 g/mol. The number of anilines is 1. The van der Waals surface area contributed by atoms with Crippen molar-refractivity contribution in [2.75, 3.05) is 18.5 Å². The quantitative estimate of drug-likeness (QED) is 0.470. The van der Waals surface area contributed by atoms with E-state index in [4.69, 9.17) is 37.8 Å². The van der Waals surface area contributed by atoms with Gasteiger partial charge in [0.2, 0.25) is 0 Å². The number of nitriles is 1. The fourth-order valence-electron chi connectivity index (χ4n) is 2.25. The lowest BCUT2D eigenvalue weighted by molar-refractivity contribution is -0.139. The summed E-state index contributed by atoms with van der Waals surface area (Å²) in [6, 6.07) is 11.3. The maximum absolute atomic E-state index is 12.4. The van der Waals surface area contributed by atoms with Gasteiger partial charge in [-0.05, 0) is 55.0 Å². The Kier molecular flexibility index (Phi) is 7.89. The minimum Gasteiger partial charge on any atom is -0.494 e. The van der Waals surface area contributed by atoms with Crippen LogP contribution in [0.15, 0.2) is 42.0 Å². The lowest BCUT2D eigenvalue weighted by Gasteiger charge is -2.09. The SMILES string of the molecule is CCOc1ccc(NC(=O)C(C#N)=Cc2cc(Cl)c(OCC(=O)O)c(Cl)c2)cc1. The molecule has 0 aliphatic carbocycles. The van der Waals surface area contributed by atoms with E-state index in [0.29, 0.717) is 23.6 Å². The molecule has 2 N–H and O–H groups in total. The maximum atomic E-state index is 12.4. The van der Waals surface area contributed by atoms with Crippen LogP contribution in [0.4, 0.5) is 5.69 Å². The molecule has 2 aromatic carbocycles. The fourth-order valence-corrected chi connectivity index (χ4v) is 2.86. The summed E-state index contributed by atoms with van der Waals surface area (Å²) in [6.45, 7) is 1.78. The number of nitrogens with one attached hydrogen (secondary N) is 1. The van der Waals surface area contributed by atoms with Gasteiger partial charge in [-0.3, -0.25) is 4.79 Å². The number of benzene rings is 2. The van der Waals surface area contributed by atoms with E-state index in [9.17, 15) is 14.9 Å². The number of rotatable bonds is 8. The molecule has 2 aromatic rings. The first-order valence-corrected chi connectivity index (χ1v) is 9.09. The van der Waals surface area contributed by atoms with E-state index in [2.05, 4.69) is 5.32 Å². The molecule has 1 amide bonds. The third-order valence-corrected chi connectivity index (χ3v) is 4.02. The van der Waals surface area contributed by atoms with Gasteiger partial charge in [0.05, 0.1) is 16.7 Å². The first-order chi connectivity index (χ1) is 13.8. The predicted octanol–water partition coefficient (Wildman–Crippen LogP) is 4.40. The van der Waals surface area contributed by atoms with E-state index in [1.54, 1.807) is 24.3 Å². The van der Waals surface area contributed by atoms with Crippen LogP contribution in [-0.4, -0.2) is 30.2 Å². The van der Waals surface area contributed by atoms with Gasteiger partial charge < -0.3 is 19.9 Å². The molecule has 0 radical (unpaired) electrons. The second-order valence-corrected chi connectivity index (χ2v) is 6.39. The lowest BCUT2D eigenvalue weighted by Crippen LogP contribution is -2.13. The summed E-state index contributed by atoms with van der Waals surface area (Å²) in [5.41, 5.74) is 0.694. The number of carbonyl (C=O) groups is 2. The molecule has 0 saturated carbocycles. The van der Waals surface area contributed by atoms with Crippen LogP contribution in [0, 0.1) is 11.3 Å². The predicted molar refractivity (Wildman–Crippen MR) is 109 cm³/mol. The van der Waals surface area contributed by atoms with Crippen molar-refractivity contribution < 1.29 is 24.2 Å². The topological polar surface area (TPSA) is 109 Å². The van der Waals surface area contributed by atoms with E-state index in [1.165, 1.54) is 18.2 Å². The van der Waals surface area contributed by atoms with Crippen LogP contribution in [0.1, 0.15) is 12.5 Å². The molecule has 7 nitrogen and oxygen atoms in total. The number of hydrogen-bond acceptors (Lipinski definition) is 5. The Morgan fingerprint density at radius 3 is 2.31 bits per heavy atom. The lowest BCUT2D eigenvalue weighted by atomic mass is 10.1.